The summed E-state index contributed by atoms with van der Waals surface area (Å²) in [5.41, 5.74) is -0.00710. The molecule has 1 rings (SSSR count). The lowest BCUT2D eigenvalue weighted by Crippen LogP contribution is -2.32. The molecule has 1 unspecified atom stereocenters. The Hall–Kier alpha value is -1.85. The van der Waals surface area contributed by atoms with Gasteiger partial charge in [0.1, 0.15) is 0 Å². The Morgan fingerprint density at radius 3 is 2.82 bits per heavy atom. The molecule has 6 nitrogen and oxygen atoms in total. The summed E-state index contributed by atoms with van der Waals surface area (Å²) in [5.74, 6) is -1.11. The van der Waals surface area contributed by atoms with Crippen molar-refractivity contribution in [1.29, 1.82) is 0 Å². The van der Waals surface area contributed by atoms with Gasteiger partial charge in [0, 0.05) is 25.2 Å². The summed E-state index contributed by atoms with van der Waals surface area (Å²) >= 11 is 0. The molecule has 0 saturated heterocycles. The highest BCUT2D eigenvalue weighted by molar-refractivity contribution is 5.85. The minimum atomic E-state index is -1.06. The van der Waals surface area contributed by atoms with E-state index in [2.05, 4.69) is 10.4 Å². The molecule has 1 heterocycles. The minimum Gasteiger partial charge on any atom is -0.476 e. The first-order valence-electron chi connectivity index (χ1n) is 5.59. The van der Waals surface area contributed by atoms with Gasteiger partial charge in [-0.15, -0.1) is 0 Å². The number of carbonyl (C=O) groups is 2. The first-order valence-corrected chi connectivity index (χ1v) is 5.59. The van der Waals surface area contributed by atoms with Gasteiger partial charge in [-0.2, -0.15) is 5.10 Å². The maximum absolute atomic E-state index is 11.5. The lowest BCUT2D eigenvalue weighted by Gasteiger charge is -2.10. The summed E-state index contributed by atoms with van der Waals surface area (Å²) in [6.07, 6.45) is 2.74. The maximum atomic E-state index is 11.5. The van der Waals surface area contributed by atoms with E-state index in [1.54, 1.807) is 6.20 Å². The second-order valence-corrected chi connectivity index (χ2v) is 3.90. The van der Waals surface area contributed by atoms with Gasteiger partial charge in [0.15, 0.2) is 5.69 Å². The Morgan fingerprint density at radius 2 is 2.29 bits per heavy atom. The zero-order valence-electron chi connectivity index (χ0n) is 10.0. The van der Waals surface area contributed by atoms with Crippen LogP contribution in [0.2, 0.25) is 0 Å². The summed E-state index contributed by atoms with van der Waals surface area (Å²) in [4.78, 5) is 22.0. The van der Waals surface area contributed by atoms with Crippen LogP contribution in [0.3, 0.4) is 0 Å². The number of carboxylic acid groups (broad SMARTS) is 1. The van der Waals surface area contributed by atoms with Crippen molar-refractivity contribution >= 4 is 11.9 Å². The lowest BCUT2D eigenvalue weighted by atomic mass is 10.2. The van der Waals surface area contributed by atoms with Crippen LogP contribution in [-0.4, -0.2) is 32.8 Å². The van der Waals surface area contributed by atoms with Gasteiger partial charge in [-0.05, 0) is 19.4 Å². The van der Waals surface area contributed by atoms with Crippen molar-refractivity contribution in [1.82, 2.24) is 15.1 Å². The monoisotopic (exact) mass is 239 g/mol. The van der Waals surface area contributed by atoms with Gasteiger partial charge in [-0.25, -0.2) is 4.79 Å². The molecule has 0 spiro atoms. The number of nitrogens with one attached hydrogen (secondary N) is 1. The molecule has 0 aliphatic rings. The molecule has 1 aromatic rings. The number of hydrogen-bond donors (Lipinski definition) is 2. The number of nitrogens with zero attached hydrogens (tertiary/aromatic N) is 2. The number of aryl methyl sites for hydroxylation is 1. The number of carbonyl (C=O) groups excluding carboxylic acids is 1. The van der Waals surface area contributed by atoms with Crippen LogP contribution < -0.4 is 5.32 Å². The van der Waals surface area contributed by atoms with Gasteiger partial charge >= 0.3 is 5.97 Å². The lowest BCUT2D eigenvalue weighted by molar-refractivity contribution is -0.121. The molecule has 0 saturated carbocycles. The number of aromatic nitrogens is 2. The molecule has 0 aliphatic carbocycles. The van der Waals surface area contributed by atoms with Gasteiger partial charge in [-0.1, -0.05) is 6.92 Å². The molecule has 0 aliphatic heterocycles. The average molecular weight is 239 g/mol. The quantitative estimate of drug-likeness (QED) is 0.772. The molecule has 6 heteroatoms. The summed E-state index contributed by atoms with van der Waals surface area (Å²) in [5, 5.41) is 15.3. The standard InChI is InChI=1S/C11H17N3O3/c1-3-8(2)12-10(15)5-7-14-6-4-9(13-14)11(16)17/h4,6,8H,3,5,7H2,1-2H3,(H,12,15)(H,16,17). The van der Waals surface area contributed by atoms with Gasteiger partial charge in [0.2, 0.25) is 5.91 Å². The molecular weight excluding hydrogens is 222 g/mol. The van der Waals surface area contributed by atoms with Crippen LogP contribution in [0.25, 0.3) is 0 Å². The fraction of sp³-hybridized carbons (Fsp3) is 0.545. The summed E-state index contributed by atoms with van der Waals surface area (Å²) in [7, 11) is 0. The molecule has 1 atom stereocenters. The maximum Gasteiger partial charge on any atom is 0.356 e. The van der Waals surface area contributed by atoms with E-state index in [-0.39, 0.29) is 17.6 Å². The highest BCUT2D eigenvalue weighted by Crippen LogP contribution is 1.97. The van der Waals surface area contributed by atoms with Crippen molar-refractivity contribution in [3.63, 3.8) is 0 Å². The van der Waals surface area contributed by atoms with E-state index in [4.69, 9.17) is 5.11 Å². The smallest absolute Gasteiger partial charge is 0.356 e. The number of amides is 1. The number of hydrogen-bond acceptors (Lipinski definition) is 3. The highest BCUT2D eigenvalue weighted by atomic mass is 16.4. The second-order valence-electron chi connectivity index (χ2n) is 3.90. The van der Waals surface area contributed by atoms with Crippen LogP contribution in [0.5, 0.6) is 0 Å². The van der Waals surface area contributed by atoms with Gasteiger partial charge < -0.3 is 10.4 Å². The SMILES string of the molecule is CCC(C)NC(=O)CCn1ccc(C(=O)O)n1. The highest BCUT2D eigenvalue weighted by Gasteiger charge is 2.08. The van der Waals surface area contributed by atoms with Crippen LogP contribution in [0.15, 0.2) is 12.3 Å². The van der Waals surface area contributed by atoms with Crippen LogP contribution >= 0.6 is 0 Å². The Balaban J connectivity index is 2.39. The zero-order valence-corrected chi connectivity index (χ0v) is 10.0. The molecule has 17 heavy (non-hydrogen) atoms. The van der Waals surface area contributed by atoms with Crippen molar-refractivity contribution in [2.45, 2.75) is 39.3 Å². The Kier molecular flexibility index (Phi) is 4.68. The van der Waals surface area contributed by atoms with Crippen molar-refractivity contribution < 1.29 is 14.7 Å². The van der Waals surface area contributed by atoms with E-state index >= 15 is 0 Å². The minimum absolute atomic E-state index is 0.00710. The fourth-order valence-corrected chi connectivity index (χ4v) is 1.27. The van der Waals surface area contributed by atoms with Crippen molar-refractivity contribution in [3.05, 3.63) is 18.0 Å². The largest absolute Gasteiger partial charge is 0.476 e. The fourth-order valence-electron chi connectivity index (χ4n) is 1.27. The van der Waals surface area contributed by atoms with Crippen LogP contribution in [0.4, 0.5) is 0 Å². The Bertz CT molecular complexity index is 400. The van der Waals surface area contributed by atoms with E-state index < -0.39 is 5.97 Å². The van der Waals surface area contributed by atoms with Crippen molar-refractivity contribution in [2.24, 2.45) is 0 Å². The third kappa shape index (κ3) is 4.26. The summed E-state index contributed by atoms with van der Waals surface area (Å²) in [6, 6.07) is 1.57. The molecule has 1 aromatic heterocycles. The zero-order chi connectivity index (χ0) is 12.8. The predicted octanol–water partition coefficient (Wildman–Crippen LogP) is 0.886. The third-order valence-corrected chi connectivity index (χ3v) is 2.45. The molecule has 0 aromatic carbocycles. The van der Waals surface area contributed by atoms with E-state index in [9.17, 15) is 9.59 Å². The molecule has 0 fully saturated rings. The molecular formula is C11H17N3O3. The first-order chi connectivity index (χ1) is 8.02. The normalized spacial score (nSPS) is 12.1. The predicted molar refractivity (Wildman–Crippen MR) is 61.7 cm³/mol. The molecule has 0 bridgehead atoms. The van der Waals surface area contributed by atoms with Gasteiger partial charge in [0.25, 0.3) is 0 Å². The van der Waals surface area contributed by atoms with Crippen molar-refractivity contribution in [2.75, 3.05) is 0 Å². The van der Waals surface area contributed by atoms with E-state index in [0.29, 0.717) is 13.0 Å². The number of carboxylic acids is 1. The van der Waals surface area contributed by atoms with Gasteiger partial charge in [-0.3, -0.25) is 9.48 Å². The number of rotatable bonds is 6. The molecule has 2 N–H and O–H groups in total. The van der Waals surface area contributed by atoms with E-state index in [0.717, 1.165) is 6.42 Å². The third-order valence-electron chi connectivity index (χ3n) is 2.45. The van der Waals surface area contributed by atoms with E-state index in [1.165, 1.54) is 10.7 Å². The number of aromatic carboxylic acids is 1. The molecule has 0 radical (unpaired) electrons. The average Bonchev–Trinajstić information content (AvgIpc) is 2.75. The topological polar surface area (TPSA) is 84.2 Å². The Morgan fingerprint density at radius 1 is 1.59 bits per heavy atom. The Labute approximate surface area is 99.6 Å². The first kappa shape index (κ1) is 13.2. The molecule has 1 amide bonds. The van der Waals surface area contributed by atoms with Crippen LogP contribution in [0, 0.1) is 0 Å². The van der Waals surface area contributed by atoms with Crippen LogP contribution in [-0.2, 0) is 11.3 Å². The van der Waals surface area contributed by atoms with Crippen LogP contribution in [0.1, 0.15) is 37.2 Å². The summed E-state index contributed by atoms with van der Waals surface area (Å²) in [6.45, 7) is 4.32. The summed E-state index contributed by atoms with van der Waals surface area (Å²) < 4.78 is 1.46. The molecule has 94 valence electrons. The van der Waals surface area contributed by atoms with Gasteiger partial charge in [0.05, 0.1) is 0 Å². The van der Waals surface area contributed by atoms with Crippen molar-refractivity contribution in [3.8, 4) is 0 Å². The van der Waals surface area contributed by atoms with E-state index in [1.807, 2.05) is 13.8 Å². The second kappa shape index (κ2) is 6.03.